The molecule has 3 rings (SSSR count). The number of hydrogen-bond acceptors (Lipinski definition) is 3. The predicted molar refractivity (Wildman–Crippen MR) is 73.3 cm³/mol. The molecule has 19 heavy (non-hydrogen) atoms. The third kappa shape index (κ3) is 1.95. The summed E-state index contributed by atoms with van der Waals surface area (Å²) in [6, 6.07) is 16.1. The summed E-state index contributed by atoms with van der Waals surface area (Å²) in [4.78, 5) is 23.0. The Bertz CT molecular complexity index is 801. The molecular weight excluding hydrogens is 240 g/mol. The molecule has 0 aliphatic carbocycles. The highest BCUT2D eigenvalue weighted by Gasteiger charge is 2.08. The lowest BCUT2D eigenvalue weighted by Crippen LogP contribution is -2.01. The van der Waals surface area contributed by atoms with E-state index in [-0.39, 0.29) is 0 Å². The first-order valence-electron chi connectivity index (χ1n) is 5.87. The van der Waals surface area contributed by atoms with E-state index in [9.17, 15) is 9.59 Å². The maximum Gasteiger partial charge on any atom is 0.344 e. The molecule has 0 aliphatic heterocycles. The van der Waals surface area contributed by atoms with Gasteiger partial charge in [0, 0.05) is 16.5 Å². The van der Waals surface area contributed by atoms with Gasteiger partial charge in [0.2, 0.25) is 0 Å². The van der Waals surface area contributed by atoms with Crippen LogP contribution in [-0.2, 0) is 0 Å². The maximum absolute atomic E-state index is 12.0. The molecule has 0 fully saturated rings. The van der Waals surface area contributed by atoms with Crippen LogP contribution in [0.3, 0.4) is 0 Å². The van der Waals surface area contributed by atoms with Crippen LogP contribution in [0.25, 0.3) is 22.1 Å². The van der Waals surface area contributed by atoms with Crippen molar-refractivity contribution in [3.63, 3.8) is 0 Å². The molecule has 3 nitrogen and oxygen atoms in total. The highest BCUT2D eigenvalue weighted by molar-refractivity contribution is 5.98. The van der Waals surface area contributed by atoms with E-state index in [0.717, 1.165) is 11.8 Å². The predicted octanol–water partition coefficient (Wildman–Crippen LogP) is 3.27. The molecule has 0 N–H and O–H groups in total. The van der Waals surface area contributed by atoms with Crippen LogP contribution >= 0.6 is 0 Å². The minimum absolute atomic E-state index is 0.421. The zero-order valence-corrected chi connectivity index (χ0v) is 10.00. The molecule has 0 amide bonds. The number of fused-ring (bicyclic) bond motifs is 1. The lowest BCUT2D eigenvalue weighted by molar-refractivity contribution is 0.112. The first-order valence-corrected chi connectivity index (χ1v) is 5.87. The van der Waals surface area contributed by atoms with Gasteiger partial charge in [0.25, 0.3) is 0 Å². The molecule has 2 aromatic carbocycles. The van der Waals surface area contributed by atoms with Crippen molar-refractivity contribution in [1.82, 2.24) is 0 Å². The van der Waals surface area contributed by atoms with E-state index in [1.807, 2.05) is 30.3 Å². The van der Waals surface area contributed by atoms with E-state index in [1.54, 1.807) is 24.3 Å². The monoisotopic (exact) mass is 250 g/mol. The molecule has 0 bridgehead atoms. The van der Waals surface area contributed by atoms with Crippen molar-refractivity contribution in [3.8, 4) is 11.3 Å². The number of aldehydes is 1. The van der Waals surface area contributed by atoms with Gasteiger partial charge in [-0.25, -0.2) is 4.79 Å². The second-order valence-corrected chi connectivity index (χ2v) is 4.19. The van der Waals surface area contributed by atoms with Gasteiger partial charge < -0.3 is 4.42 Å². The summed E-state index contributed by atoms with van der Waals surface area (Å²) in [6.07, 6.45) is 0.747. The summed E-state index contributed by atoms with van der Waals surface area (Å²) in [5, 5.41) is 1.04. The second kappa shape index (κ2) is 4.53. The molecule has 92 valence electrons. The van der Waals surface area contributed by atoms with Crippen LogP contribution in [0.4, 0.5) is 0 Å². The van der Waals surface area contributed by atoms with Gasteiger partial charge in [-0.05, 0) is 12.1 Å². The van der Waals surface area contributed by atoms with E-state index < -0.39 is 5.63 Å². The summed E-state index contributed by atoms with van der Waals surface area (Å²) >= 11 is 0. The molecule has 0 aliphatic rings. The van der Waals surface area contributed by atoms with Gasteiger partial charge in [-0.15, -0.1) is 0 Å². The highest BCUT2D eigenvalue weighted by atomic mass is 16.4. The van der Waals surface area contributed by atoms with Crippen molar-refractivity contribution < 1.29 is 9.21 Å². The van der Waals surface area contributed by atoms with E-state index in [0.29, 0.717) is 22.1 Å². The smallest absolute Gasteiger partial charge is 0.344 e. The van der Waals surface area contributed by atoms with E-state index in [1.165, 1.54) is 0 Å². The zero-order chi connectivity index (χ0) is 13.2. The first-order chi connectivity index (χ1) is 9.29. The Morgan fingerprint density at radius 3 is 2.42 bits per heavy atom. The van der Waals surface area contributed by atoms with Crippen LogP contribution in [0.1, 0.15) is 10.4 Å². The molecule has 0 atom stereocenters. The van der Waals surface area contributed by atoms with Gasteiger partial charge >= 0.3 is 5.63 Å². The Kier molecular flexibility index (Phi) is 2.72. The Morgan fingerprint density at radius 1 is 0.895 bits per heavy atom. The first kappa shape index (κ1) is 11.4. The van der Waals surface area contributed by atoms with Crippen molar-refractivity contribution in [3.05, 3.63) is 70.6 Å². The number of hydrogen-bond donors (Lipinski definition) is 0. The average molecular weight is 250 g/mol. The molecule has 0 spiro atoms. The molecule has 0 saturated heterocycles. The fourth-order valence-corrected chi connectivity index (χ4v) is 2.08. The Hall–Kier alpha value is -2.68. The fraction of sp³-hybridized carbons (Fsp3) is 0. The van der Waals surface area contributed by atoms with Crippen LogP contribution in [-0.4, -0.2) is 6.29 Å². The van der Waals surface area contributed by atoms with Crippen LogP contribution in [0.2, 0.25) is 0 Å². The van der Waals surface area contributed by atoms with Crippen LogP contribution in [0.15, 0.2) is 63.8 Å². The van der Waals surface area contributed by atoms with Gasteiger partial charge in [0.1, 0.15) is 5.76 Å². The third-order valence-corrected chi connectivity index (χ3v) is 3.02. The number of carbonyl (C=O) groups is 1. The van der Waals surface area contributed by atoms with Crippen LogP contribution in [0.5, 0.6) is 0 Å². The zero-order valence-electron chi connectivity index (χ0n) is 10.00. The summed E-state index contributed by atoms with van der Waals surface area (Å²) in [7, 11) is 0. The van der Waals surface area contributed by atoms with Gasteiger partial charge in [-0.2, -0.15) is 0 Å². The Labute approximate surface area is 109 Å². The minimum atomic E-state index is -0.431. The molecule has 1 aromatic heterocycles. The normalized spacial score (nSPS) is 10.5. The second-order valence-electron chi connectivity index (χ2n) is 4.19. The third-order valence-electron chi connectivity index (χ3n) is 3.02. The van der Waals surface area contributed by atoms with Crippen molar-refractivity contribution in [2.75, 3.05) is 0 Å². The van der Waals surface area contributed by atoms with Crippen molar-refractivity contribution in [2.24, 2.45) is 0 Å². The largest absolute Gasteiger partial charge is 0.422 e. The number of carbonyl (C=O) groups excluding carboxylic acids is 1. The highest BCUT2D eigenvalue weighted by Crippen LogP contribution is 2.23. The van der Waals surface area contributed by atoms with Gasteiger partial charge in [0.15, 0.2) is 6.29 Å². The SMILES string of the molecule is O=Cc1cccc2c(=O)oc(-c3ccccc3)cc12. The Balaban J connectivity index is 2.36. The standard InChI is InChI=1S/C16H10O3/c17-10-12-7-4-8-13-14(12)9-15(19-16(13)18)11-5-2-1-3-6-11/h1-10H. The quantitative estimate of drug-likeness (QED) is 0.656. The molecule has 3 aromatic rings. The summed E-state index contributed by atoms with van der Waals surface area (Å²) in [5.74, 6) is 0.465. The number of rotatable bonds is 2. The molecule has 3 heteroatoms. The van der Waals surface area contributed by atoms with Crippen molar-refractivity contribution >= 4 is 17.1 Å². The van der Waals surface area contributed by atoms with Crippen LogP contribution in [0, 0.1) is 0 Å². The molecule has 0 saturated carbocycles. The molecule has 1 heterocycles. The van der Waals surface area contributed by atoms with E-state index >= 15 is 0 Å². The summed E-state index contributed by atoms with van der Waals surface area (Å²) < 4.78 is 5.30. The summed E-state index contributed by atoms with van der Waals surface area (Å²) in [5.41, 5.74) is 0.866. The molecule has 0 radical (unpaired) electrons. The molecule has 0 unspecified atom stereocenters. The summed E-state index contributed by atoms with van der Waals surface area (Å²) in [6.45, 7) is 0. The average Bonchev–Trinajstić information content (AvgIpc) is 2.47. The van der Waals surface area contributed by atoms with Crippen molar-refractivity contribution in [2.45, 2.75) is 0 Å². The fourth-order valence-electron chi connectivity index (χ4n) is 2.08. The Morgan fingerprint density at radius 2 is 1.68 bits per heavy atom. The van der Waals surface area contributed by atoms with Crippen molar-refractivity contribution in [1.29, 1.82) is 0 Å². The maximum atomic E-state index is 12.0. The van der Waals surface area contributed by atoms with Gasteiger partial charge in [0.05, 0.1) is 5.39 Å². The van der Waals surface area contributed by atoms with Crippen LogP contribution < -0.4 is 5.63 Å². The minimum Gasteiger partial charge on any atom is -0.422 e. The lowest BCUT2D eigenvalue weighted by atomic mass is 10.0. The van der Waals surface area contributed by atoms with Gasteiger partial charge in [-0.1, -0.05) is 42.5 Å². The van der Waals surface area contributed by atoms with E-state index in [4.69, 9.17) is 4.42 Å². The molecular formula is C16H10O3. The number of benzene rings is 2. The van der Waals surface area contributed by atoms with E-state index in [2.05, 4.69) is 0 Å². The lowest BCUT2D eigenvalue weighted by Gasteiger charge is -2.03. The topological polar surface area (TPSA) is 47.3 Å². The van der Waals surface area contributed by atoms with Gasteiger partial charge in [-0.3, -0.25) is 4.79 Å².